The number of anilines is 2. The Morgan fingerprint density at radius 2 is 2.00 bits per heavy atom. The Kier molecular flexibility index (Phi) is 4.73. The number of hydrogen-bond acceptors (Lipinski definition) is 6. The number of carbonyl (C=O) groups is 3. The second-order valence-corrected chi connectivity index (χ2v) is 6.50. The Bertz CT molecular complexity index is 1110. The Balaban J connectivity index is 1.45. The number of carbonyl (C=O) groups excluding carboxylic acids is 3. The van der Waals surface area contributed by atoms with E-state index in [0.29, 0.717) is 28.3 Å². The number of nitrogens with zero attached hydrogens (tertiary/aromatic N) is 4. The van der Waals surface area contributed by atoms with Crippen LogP contribution in [0.1, 0.15) is 16.8 Å². The third-order valence-electron chi connectivity index (χ3n) is 4.35. The molecule has 1 aromatic heterocycles. The standard InChI is InChI=1S/C19H17N7O3/c1-26-24-17(23-25-26)11-5-4-6-12(9-11)20-16(27)10-15-19(29)21-14-8-3-2-7-13(14)18(28)22-15/h2-9,15H,10H2,1H3,(H,20,27)(H,21,29)(H,22,28)/t15-/m1/s1. The van der Waals surface area contributed by atoms with E-state index >= 15 is 0 Å². The summed E-state index contributed by atoms with van der Waals surface area (Å²) in [5, 5.41) is 19.9. The lowest BCUT2D eigenvalue weighted by molar-refractivity contribution is -0.122. The average molecular weight is 391 g/mol. The van der Waals surface area contributed by atoms with E-state index in [1.807, 2.05) is 0 Å². The highest BCUT2D eigenvalue weighted by Gasteiger charge is 2.29. The molecule has 0 aliphatic carbocycles. The fourth-order valence-corrected chi connectivity index (χ4v) is 2.99. The molecule has 4 rings (SSSR count). The maximum atomic E-state index is 12.5. The molecule has 10 nitrogen and oxygen atoms in total. The summed E-state index contributed by atoms with van der Waals surface area (Å²) in [6.45, 7) is 0. The minimum absolute atomic E-state index is 0.209. The predicted octanol–water partition coefficient (Wildman–Crippen LogP) is 0.956. The minimum atomic E-state index is -0.986. The number of fused-ring (bicyclic) bond motifs is 1. The largest absolute Gasteiger partial charge is 0.340 e. The first-order valence-corrected chi connectivity index (χ1v) is 8.84. The van der Waals surface area contributed by atoms with Crippen LogP contribution in [0.2, 0.25) is 0 Å². The van der Waals surface area contributed by atoms with E-state index in [9.17, 15) is 14.4 Å². The number of aryl methyl sites for hydroxylation is 1. The first-order chi connectivity index (χ1) is 14.0. The quantitative estimate of drug-likeness (QED) is 0.607. The van der Waals surface area contributed by atoms with Gasteiger partial charge in [-0.2, -0.15) is 4.80 Å². The van der Waals surface area contributed by atoms with Gasteiger partial charge in [0, 0.05) is 11.3 Å². The summed E-state index contributed by atoms with van der Waals surface area (Å²) in [6, 6.07) is 12.6. The van der Waals surface area contributed by atoms with E-state index in [0.717, 1.165) is 0 Å². The van der Waals surface area contributed by atoms with Gasteiger partial charge in [0.1, 0.15) is 6.04 Å². The lowest BCUT2D eigenvalue weighted by Gasteiger charge is -2.14. The highest BCUT2D eigenvalue weighted by Crippen LogP contribution is 2.20. The SMILES string of the molecule is Cn1nnc(-c2cccc(NC(=O)C[C@H]3NC(=O)c4ccccc4NC3=O)c2)n1. The van der Waals surface area contributed by atoms with Gasteiger partial charge < -0.3 is 16.0 Å². The molecule has 1 atom stereocenters. The number of nitrogens with one attached hydrogen (secondary N) is 3. The molecule has 2 heterocycles. The van der Waals surface area contributed by atoms with Crippen LogP contribution in [0.25, 0.3) is 11.4 Å². The van der Waals surface area contributed by atoms with E-state index in [1.54, 1.807) is 55.6 Å². The molecule has 0 saturated heterocycles. The third-order valence-corrected chi connectivity index (χ3v) is 4.35. The predicted molar refractivity (Wildman–Crippen MR) is 104 cm³/mol. The fraction of sp³-hybridized carbons (Fsp3) is 0.158. The summed E-state index contributed by atoms with van der Waals surface area (Å²) in [5.74, 6) is -0.846. The van der Waals surface area contributed by atoms with Crippen LogP contribution in [0.4, 0.5) is 11.4 Å². The smallest absolute Gasteiger partial charge is 0.254 e. The summed E-state index contributed by atoms with van der Waals surface area (Å²) >= 11 is 0. The molecular weight excluding hydrogens is 374 g/mol. The van der Waals surface area contributed by atoms with Crippen molar-refractivity contribution in [2.75, 3.05) is 10.6 Å². The molecule has 146 valence electrons. The van der Waals surface area contributed by atoms with Gasteiger partial charge in [0.2, 0.25) is 17.6 Å². The number of amides is 3. The molecule has 29 heavy (non-hydrogen) atoms. The van der Waals surface area contributed by atoms with Crippen molar-refractivity contribution >= 4 is 29.1 Å². The van der Waals surface area contributed by atoms with Crippen molar-refractivity contribution in [2.45, 2.75) is 12.5 Å². The van der Waals surface area contributed by atoms with E-state index < -0.39 is 23.8 Å². The molecule has 0 radical (unpaired) electrons. The lowest BCUT2D eigenvalue weighted by Crippen LogP contribution is -2.43. The maximum Gasteiger partial charge on any atom is 0.254 e. The molecule has 0 unspecified atom stereocenters. The van der Waals surface area contributed by atoms with Crippen molar-refractivity contribution in [2.24, 2.45) is 7.05 Å². The van der Waals surface area contributed by atoms with Crippen molar-refractivity contribution in [3.63, 3.8) is 0 Å². The van der Waals surface area contributed by atoms with Crippen LogP contribution in [0.5, 0.6) is 0 Å². The highest BCUT2D eigenvalue weighted by atomic mass is 16.2. The van der Waals surface area contributed by atoms with Gasteiger partial charge in [0.05, 0.1) is 24.7 Å². The molecule has 3 N–H and O–H groups in total. The molecule has 2 aromatic carbocycles. The third kappa shape index (κ3) is 3.95. The molecule has 0 bridgehead atoms. The van der Waals surface area contributed by atoms with Gasteiger partial charge in [-0.15, -0.1) is 10.2 Å². The van der Waals surface area contributed by atoms with Crippen LogP contribution < -0.4 is 16.0 Å². The summed E-state index contributed by atoms with van der Waals surface area (Å²) in [7, 11) is 1.66. The first kappa shape index (κ1) is 18.3. The second-order valence-electron chi connectivity index (χ2n) is 6.50. The Hall–Kier alpha value is -4.08. The average Bonchev–Trinajstić information content (AvgIpc) is 3.09. The summed E-state index contributed by atoms with van der Waals surface area (Å²) < 4.78 is 0. The van der Waals surface area contributed by atoms with E-state index in [1.165, 1.54) is 4.80 Å². The van der Waals surface area contributed by atoms with Gasteiger partial charge >= 0.3 is 0 Å². The van der Waals surface area contributed by atoms with Crippen molar-refractivity contribution in [3.05, 3.63) is 54.1 Å². The van der Waals surface area contributed by atoms with Crippen LogP contribution >= 0.6 is 0 Å². The van der Waals surface area contributed by atoms with Crippen molar-refractivity contribution in [1.29, 1.82) is 0 Å². The van der Waals surface area contributed by atoms with Gasteiger partial charge in [-0.05, 0) is 29.5 Å². The van der Waals surface area contributed by atoms with Gasteiger partial charge in [0.15, 0.2) is 0 Å². The fourth-order valence-electron chi connectivity index (χ4n) is 2.99. The molecule has 1 aliphatic rings. The van der Waals surface area contributed by atoms with Gasteiger partial charge in [0.25, 0.3) is 5.91 Å². The zero-order valence-corrected chi connectivity index (χ0v) is 15.4. The number of rotatable bonds is 4. The second kappa shape index (κ2) is 7.50. The summed E-state index contributed by atoms with van der Waals surface area (Å²) in [4.78, 5) is 38.6. The number of aromatic nitrogens is 4. The molecule has 0 fully saturated rings. The molecule has 3 amide bonds. The number of benzene rings is 2. The number of hydrogen-bond donors (Lipinski definition) is 3. The van der Waals surface area contributed by atoms with Crippen molar-refractivity contribution in [1.82, 2.24) is 25.5 Å². The molecule has 1 aliphatic heterocycles. The number of tetrazole rings is 1. The zero-order valence-electron chi connectivity index (χ0n) is 15.4. The Labute approximate surface area is 165 Å². The topological polar surface area (TPSA) is 131 Å². The normalized spacial score (nSPS) is 15.7. The van der Waals surface area contributed by atoms with Crippen molar-refractivity contribution < 1.29 is 14.4 Å². The van der Waals surface area contributed by atoms with E-state index in [-0.39, 0.29) is 6.42 Å². The summed E-state index contributed by atoms with van der Waals surface area (Å²) in [6.07, 6.45) is -0.209. The van der Waals surface area contributed by atoms with Gasteiger partial charge in [-0.25, -0.2) is 0 Å². The monoisotopic (exact) mass is 391 g/mol. The lowest BCUT2D eigenvalue weighted by atomic mass is 10.1. The Morgan fingerprint density at radius 3 is 2.79 bits per heavy atom. The van der Waals surface area contributed by atoms with Gasteiger partial charge in [-0.1, -0.05) is 24.3 Å². The van der Waals surface area contributed by atoms with Crippen LogP contribution in [0.15, 0.2) is 48.5 Å². The highest BCUT2D eigenvalue weighted by molar-refractivity contribution is 6.11. The Morgan fingerprint density at radius 1 is 1.17 bits per heavy atom. The van der Waals surface area contributed by atoms with Crippen LogP contribution in [-0.4, -0.2) is 44.0 Å². The molecule has 0 saturated carbocycles. The van der Waals surface area contributed by atoms with Crippen molar-refractivity contribution in [3.8, 4) is 11.4 Å². The van der Waals surface area contributed by atoms with Gasteiger partial charge in [-0.3, -0.25) is 14.4 Å². The van der Waals surface area contributed by atoms with E-state index in [2.05, 4.69) is 31.4 Å². The van der Waals surface area contributed by atoms with Crippen LogP contribution in [-0.2, 0) is 16.6 Å². The molecule has 3 aromatic rings. The minimum Gasteiger partial charge on any atom is -0.340 e. The molecular formula is C19H17N7O3. The van der Waals surface area contributed by atoms with E-state index in [4.69, 9.17) is 0 Å². The molecule has 10 heteroatoms. The maximum absolute atomic E-state index is 12.5. The van der Waals surface area contributed by atoms with Crippen LogP contribution in [0, 0.1) is 0 Å². The van der Waals surface area contributed by atoms with Crippen LogP contribution in [0.3, 0.4) is 0 Å². The molecule has 0 spiro atoms. The summed E-state index contributed by atoms with van der Waals surface area (Å²) in [5.41, 5.74) is 1.98. The zero-order chi connectivity index (χ0) is 20.4. The first-order valence-electron chi connectivity index (χ1n) is 8.84. The number of para-hydroxylation sites is 1.